The molecule has 2 amide bonds. The van der Waals surface area contributed by atoms with Gasteiger partial charge in [0.25, 0.3) is 11.1 Å². The number of hydrogen-bond acceptors (Lipinski definition) is 5. The summed E-state index contributed by atoms with van der Waals surface area (Å²) in [6.45, 7) is 3.33. The average molecular weight is 493 g/mol. The number of rotatable bonds is 5. The summed E-state index contributed by atoms with van der Waals surface area (Å²) in [6, 6.07) is 12.4. The molecule has 1 aliphatic carbocycles. The minimum Gasteiger partial charge on any atom is -0.302 e. The molecule has 3 aromatic rings. The van der Waals surface area contributed by atoms with Crippen LogP contribution < -0.4 is 0 Å². The summed E-state index contributed by atoms with van der Waals surface area (Å²) in [4.78, 5) is 29.5. The van der Waals surface area contributed by atoms with Crippen molar-refractivity contribution >= 4 is 51.5 Å². The van der Waals surface area contributed by atoms with Crippen molar-refractivity contribution in [3.8, 4) is 0 Å². The second kappa shape index (κ2) is 8.87. The second-order valence-corrected chi connectivity index (χ2v) is 10.6. The first-order chi connectivity index (χ1) is 16.6. The molecule has 8 heteroatoms. The lowest BCUT2D eigenvalue weighted by Gasteiger charge is -2.18. The summed E-state index contributed by atoms with van der Waals surface area (Å²) in [5, 5.41) is 6.31. The van der Waals surface area contributed by atoms with Crippen molar-refractivity contribution in [2.45, 2.75) is 31.7 Å². The summed E-state index contributed by atoms with van der Waals surface area (Å²) in [5.41, 5.74) is 4.53. The van der Waals surface area contributed by atoms with E-state index in [4.69, 9.17) is 16.7 Å². The number of aromatic nitrogens is 2. The van der Waals surface area contributed by atoms with Crippen LogP contribution >= 0.6 is 23.4 Å². The molecule has 0 spiro atoms. The number of nitrogens with zero attached hydrogens (tertiary/aromatic N) is 4. The van der Waals surface area contributed by atoms with Crippen LogP contribution in [0.5, 0.6) is 0 Å². The van der Waals surface area contributed by atoms with E-state index in [1.165, 1.54) is 28.9 Å². The van der Waals surface area contributed by atoms with Gasteiger partial charge in [0.2, 0.25) is 0 Å². The monoisotopic (exact) mass is 492 g/mol. The highest BCUT2D eigenvalue weighted by atomic mass is 35.5. The fraction of sp³-hybridized carbons (Fsp3) is 0.346. The maximum atomic E-state index is 12.9. The summed E-state index contributed by atoms with van der Waals surface area (Å²) in [5.74, 6) is -0.189. The third-order valence-electron chi connectivity index (χ3n) is 7.08. The molecule has 2 fully saturated rings. The van der Waals surface area contributed by atoms with Crippen LogP contribution in [-0.4, -0.2) is 56.9 Å². The van der Waals surface area contributed by atoms with Crippen LogP contribution in [0.15, 0.2) is 47.5 Å². The lowest BCUT2D eigenvalue weighted by atomic mass is 10.1. The SMILES string of the molecule is O=C1S/C(=C\c2ccc3c(cnn3[C@@H]3CCc4cc(Cl)ccc43)c2)C(=O)N1CCN1CCCC1. The van der Waals surface area contributed by atoms with Crippen molar-refractivity contribution in [3.63, 3.8) is 0 Å². The number of aryl methyl sites for hydroxylation is 1. The third kappa shape index (κ3) is 3.96. The number of carbonyl (C=O) groups excluding carboxylic acids is 2. The zero-order valence-corrected chi connectivity index (χ0v) is 20.3. The summed E-state index contributed by atoms with van der Waals surface area (Å²) >= 11 is 7.21. The molecule has 1 aromatic heterocycles. The van der Waals surface area contributed by atoms with Gasteiger partial charge in [0, 0.05) is 23.5 Å². The van der Waals surface area contributed by atoms with E-state index >= 15 is 0 Å². The summed E-state index contributed by atoms with van der Waals surface area (Å²) < 4.78 is 2.09. The molecule has 2 aromatic carbocycles. The number of halogens is 1. The zero-order valence-electron chi connectivity index (χ0n) is 18.7. The lowest BCUT2D eigenvalue weighted by molar-refractivity contribution is -0.122. The minimum atomic E-state index is -0.189. The molecule has 6 nitrogen and oxygen atoms in total. The maximum absolute atomic E-state index is 12.9. The number of benzene rings is 2. The predicted molar refractivity (Wildman–Crippen MR) is 136 cm³/mol. The van der Waals surface area contributed by atoms with Crippen molar-refractivity contribution in [2.24, 2.45) is 0 Å². The molecular weight excluding hydrogens is 468 g/mol. The van der Waals surface area contributed by atoms with Crippen LogP contribution in [0.2, 0.25) is 5.02 Å². The largest absolute Gasteiger partial charge is 0.302 e. The molecule has 0 bridgehead atoms. The summed E-state index contributed by atoms with van der Waals surface area (Å²) in [7, 11) is 0. The van der Waals surface area contributed by atoms with Crippen LogP contribution in [0.1, 0.15) is 42.0 Å². The first-order valence-electron chi connectivity index (χ1n) is 11.8. The highest BCUT2D eigenvalue weighted by Gasteiger charge is 2.35. The molecular formula is C26H25ClN4O2S. The molecule has 2 aliphatic heterocycles. The van der Waals surface area contributed by atoms with E-state index in [1.54, 1.807) is 0 Å². The highest BCUT2D eigenvalue weighted by molar-refractivity contribution is 8.18. The smallest absolute Gasteiger partial charge is 0.293 e. The van der Waals surface area contributed by atoms with Crippen molar-refractivity contribution in [1.82, 2.24) is 19.6 Å². The molecule has 1 atom stereocenters. The molecule has 34 heavy (non-hydrogen) atoms. The average Bonchev–Trinajstić information content (AvgIpc) is 3.60. The molecule has 0 radical (unpaired) electrons. The highest BCUT2D eigenvalue weighted by Crippen LogP contribution is 2.37. The van der Waals surface area contributed by atoms with Gasteiger partial charge in [-0.25, -0.2) is 0 Å². The van der Waals surface area contributed by atoms with Gasteiger partial charge in [-0.1, -0.05) is 23.7 Å². The van der Waals surface area contributed by atoms with E-state index in [2.05, 4.69) is 27.8 Å². The Labute approximate surface area is 207 Å². The molecule has 0 N–H and O–H groups in total. The Morgan fingerprint density at radius 3 is 2.79 bits per heavy atom. The van der Waals surface area contributed by atoms with E-state index in [9.17, 15) is 9.59 Å². The zero-order chi connectivity index (χ0) is 23.2. The van der Waals surface area contributed by atoms with Gasteiger partial charge in [0.15, 0.2) is 0 Å². The Morgan fingerprint density at radius 1 is 1.09 bits per heavy atom. The number of thioether (sulfide) groups is 1. The van der Waals surface area contributed by atoms with Gasteiger partial charge in [-0.2, -0.15) is 5.10 Å². The molecule has 2 saturated heterocycles. The fourth-order valence-electron chi connectivity index (χ4n) is 5.32. The van der Waals surface area contributed by atoms with Crippen molar-refractivity contribution in [3.05, 3.63) is 69.2 Å². The van der Waals surface area contributed by atoms with Crippen LogP contribution in [0.4, 0.5) is 4.79 Å². The van der Waals surface area contributed by atoms with Gasteiger partial charge in [0.1, 0.15) is 0 Å². The van der Waals surface area contributed by atoms with Gasteiger partial charge in [-0.3, -0.25) is 19.2 Å². The standard InChI is InChI=1S/C26H25ClN4O2S/c27-20-5-6-21-18(15-20)4-8-23(21)31-22-7-3-17(13-19(22)16-28-31)14-24-25(32)30(26(33)34-24)12-11-29-9-1-2-10-29/h3,5-7,13-16,23H,1-2,4,8-12H2/b24-14-/t23-/m1/s1. The minimum absolute atomic E-state index is 0.177. The van der Waals surface area contributed by atoms with Crippen LogP contribution in [0, 0.1) is 0 Å². The number of amides is 2. The molecule has 0 saturated carbocycles. The Hall–Kier alpha value is -2.61. The van der Waals surface area contributed by atoms with E-state index in [0.717, 1.165) is 65.7 Å². The van der Waals surface area contributed by atoms with Crippen LogP contribution in [0.25, 0.3) is 17.0 Å². The van der Waals surface area contributed by atoms with E-state index in [0.29, 0.717) is 11.4 Å². The van der Waals surface area contributed by atoms with Crippen molar-refractivity contribution in [1.29, 1.82) is 0 Å². The number of carbonyl (C=O) groups is 2. The second-order valence-electron chi connectivity index (χ2n) is 9.19. The first-order valence-corrected chi connectivity index (χ1v) is 13.0. The molecule has 6 rings (SSSR count). The maximum Gasteiger partial charge on any atom is 0.293 e. The van der Waals surface area contributed by atoms with Gasteiger partial charge >= 0.3 is 0 Å². The number of fused-ring (bicyclic) bond motifs is 2. The van der Waals surface area contributed by atoms with Crippen LogP contribution in [-0.2, 0) is 11.2 Å². The molecule has 174 valence electrons. The van der Waals surface area contributed by atoms with Gasteiger partial charge in [0.05, 0.1) is 22.7 Å². The normalized spacial score (nSPS) is 22.0. The first kappa shape index (κ1) is 21.9. The quantitative estimate of drug-likeness (QED) is 0.449. The fourth-order valence-corrected chi connectivity index (χ4v) is 6.38. The number of likely N-dealkylation sites (tertiary alicyclic amines) is 1. The molecule has 0 unspecified atom stereocenters. The third-order valence-corrected chi connectivity index (χ3v) is 8.22. The topological polar surface area (TPSA) is 58.4 Å². The number of imide groups is 1. The van der Waals surface area contributed by atoms with Crippen molar-refractivity contribution < 1.29 is 9.59 Å². The Kier molecular flexibility index (Phi) is 5.71. The summed E-state index contributed by atoms with van der Waals surface area (Å²) in [6.07, 6.45) is 8.09. The van der Waals surface area contributed by atoms with Gasteiger partial charge in [-0.05, 0) is 97.6 Å². The lowest BCUT2D eigenvalue weighted by Crippen LogP contribution is -2.36. The number of hydrogen-bond donors (Lipinski definition) is 0. The van der Waals surface area contributed by atoms with Crippen molar-refractivity contribution in [2.75, 3.05) is 26.2 Å². The van der Waals surface area contributed by atoms with Gasteiger partial charge in [-0.15, -0.1) is 0 Å². The molecule has 3 aliphatic rings. The van der Waals surface area contributed by atoms with Crippen LogP contribution in [0.3, 0.4) is 0 Å². The van der Waals surface area contributed by atoms with E-state index < -0.39 is 0 Å². The molecule has 3 heterocycles. The van der Waals surface area contributed by atoms with Gasteiger partial charge < -0.3 is 4.90 Å². The Bertz CT molecular complexity index is 1330. The Balaban J connectivity index is 1.22. The Morgan fingerprint density at radius 2 is 1.94 bits per heavy atom. The van der Waals surface area contributed by atoms with E-state index in [-0.39, 0.29) is 17.2 Å². The van der Waals surface area contributed by atoms with E-state index in [1.807, 2.05) is 30.5 Å². The predicted octanol–water partition coefficient (Wildman–Crippen LogP) is 5.36.